The molecule has 0 aliphatic heterocycles. The fraction of sp³-hybridized carbons (Fsp3) is 0.250. The zero-order valence-corrected chi connectivity index (χ0v) is 15.0. The van der Waals surface area contributed by atoms with E-state index in [9.17, 15) is 4.79 Å². The standard InChI is InChI=1S/C16H16N2OS3/c1-10-14(22-15(17-10)13-7-5-9-21-13)16(19)18(3)11(2)12-6-4-8-20-12/h4-9,11H,1-3H3. The molecule has 22 heavy (non-hydrogen) atoms. The van der Waals surface area contributed by atoms with Crippen LogP contribution < -0.4 is 0 Å². The minimum atomic E-state index is 0.0405. The summed E-state index contributed by atoms with van der Waals surface area (Å²) in [6.07, 6.45) is 0. The van der Waals surface area contributed by atoms with Crippen LogP contribution in [0.3, 0.4) is 0 Å². The molecule has 0 spiro atoms. The first-order valence-corrected chi connectivity index (χ1v) is 9.47. The van der Waals surface area contributed by atoms with E-state index in [1.54, 1.807) is 27.6 Å². The fourth-order valence-electron chi connectivity index (χ4n) is 2.16. The highest BCUT2D eigenvalue weighted by Crippen LogP contribution is 2.33. The van der Waals surface area contributed by atoms with Crippen LogP contribution >= 0.6 is 34.0 Å². The smallest absolute Gasteiger partial charge is 0.266 e. The van der Waals surface area contributed by atoms with E-state index in [1.807, 2.05) is 42.9 Å². The van der Waals surface area contributed by atoms with Crippen LogP contribution in [0.1, 0.15) is 33.2 Å². The maximum Gasteiger partial charge on any atom is 0.266 e. The minimum Gasteiger partial charge on any atom is -0.333 e. The monoisotopic (exact) mass is 348 g/mol. The van der Waals surface area contributed by atoms with Crippen LogP contribution in [-0.4, -0.2) is 22.8 Å². The fourth-order valence-corrected chi connectivity index (χ4v) is 4.83. The van der Waals surface area contributed by atoms with Crippen molar-refractivity contribution in [2.24, 2.45) is 0 Å². The number of carbonyl (C=O) groups is 1. The SMILES string of the molecule is Cc1nc(-c2cccs2)sc1C(=O)N(C)C(C)c1cccs1. The summed E-state index contributed by atoms with van der Waals surface area (Å²) in [5.74, 6) is 0.0405. The van der Waals surface area contributed by atoms with Gasteiger partial charge in [-0.25, -0.2) is 4.98 Å². The Morgan fingerprint density at radius 1 is 1.23 bits per heavy atom. The van der Waals surface area contributed by atoms with Crippen molar-refractivity contribution in [1.29, 1.82) is 0 Å². The van der Waals surface area contributed by atoms with Crippen molar-refractivity contribution in [2.45, 2.75) is 19.9 Å². The third-order valence-electron chi connectivity index (χ3n) is 3.58. The maximum absolute atomic E-state index is 12.8. The Morgan fingerprint density at radius 2 is 1.95 bits per heavy atom. The normalized spacial score (nSPS) is 12.3. The van der Waals surface area contributed by atoms with Gasteiger partial charge in [-0.05, 0) is 36.7 Å². The van der Waals surface area contributed by atoms with Crippen LogP contribution in [0.4, 0.5) is 0 Å². The molecule has 3 aromatic heterocycles. The van der Waals surface area contributed by atoms with Crippen LogP contribution in [0, 0.1) is 6.92 Å². The molecule has 3 heterocycles. The highest BCUT2D eigenvalue weighted by molar-refractivity contribution is 7.22. The van der Waals surface area contributed by atoms with Gasteiger partial charge in [-0.1, -0.05) is 12.1 Å². The van der Waals surface area contributed by atoms with Gasteiger partial charge in [0.15, 0.2) is 0 Å². The molecule has 3 aromatic rings. The molecule has 0 saturated heterocycles. The second-order valence-corrected chi connectivity index (χ2v) is 7.94. The van der Waals surface area contributed by atoms with Gasteiger partial charge >= 0.3 is 0 Å². The Hall–Kier alpha value is -1.50. The second kappa shape index (κ2) is 6.32. The lowest BCUT2D eigenvalue weighted by molar-refractivity contribution is 0.0749. The van der Waals surface area contributed by atoms with Crippen molar-refractivity contribution in [3.63, 3.8) is 0 Å². The lowest BCUT2D eigenvalue weighted by atomic mass is 10.2. The molecule has 0 aliphatic carbocycles. The summed E-state index contributed by atoms with van der Waals surface area (Å²) >= 11 is 4.80. The van der Waals surface area contributed by atoms with Gasteiger partial charge in [0.25, 0.3) is 5.91 Å². The average molecular weight is 349 g/mol. The lowest BCUT2D eigenvalue weighted by Crippen LogP contribution is -2.29. The highest BCUT2D eigenvalue weighted by Gasteiger charge is 2.24. The Morgan fingerprint density at radius 3 is 2.59 bits per heavy atom. The van der Waals surface area contributed by atoms with Gasteiger partial charge in [-0.2, -0.15) is 0 Å². The first-order valence-electron chi connectivity index (χ1n) is 6.89. The van der Waals surface area contributed by atoms with E-state index in [-0.39, 0.29) is 11.9 Å². The summed E-state index contributed by atoms with van der Waals surface area (Å²) in [6.45, 7) is 3.96. The molecule has 1 unspecified atom stereocenters. The first kappa shape index (κ1) is 15.4. The largest absolute Gasteiger partial charge is 0.333 e. The number of thiophene rings is 2. The molecule has 0 radical (unpaired) electrons. The van der Waals surface area contributed by atoms with Crippen molar-refractivity contribution in [3.05, 3.63) is 50.5 Å². The van der Waals surface area contributed by atoms with Gasteiger partial charge < -0.3 is 4.90 Å². The molecule has 0 bridgehead atoms. The van der Waals surface area contributed by atoms with E-state index in [4.69, 9.17) is 0 Å². The molecule has 114 valence electrons. The molecule has 0 saturated carbocycles. The van der Waals surface area contributed by atoms with Crippen LogP contribution in [0.25, 0.3) is 9.88 Å². The topological polar surface area (TPSA) is 33.2 Å². The lowest BCUT2D eigenvalue weighted by Gasteiger charge is -2.23. The molecule has 0 fully saturated rings. The second-order valence-electron chi connectivity index (χ2n) is 5.02. The summed E-state index contributed by atoms with van der Waals surface area (Å²) in [5, 5.41) is 4.99. The number of aryl methyl sites for hydroxylation is 1. The third kappa shape index (κ3) is 2.86. The molecule has 0 N–H and O–H groups in total. The van der Waals surface area contributed by atoms with Crippen molar-refractivity contribution >= 4 is 39.9 Å². The van der Waals surface area contributed by atoms with E-state index >= 15 is 0 Å². The number of hydrogen-bond acceptors (Lipinski definition) is 5. The van der Waals surface area contributed by atoms with Crippen LogP contribution in [0.5, 0.6) is 0 Å². The van der Waals surface area contributed by atoms with E-state index in [2.05, 4.69) is 18.0 Å². The van der Waals surface area contributed by atoms with Crippen molar-refractivity contribution < 1.29 is 4.79 Å². The molecule has 1 atom stereocenters. The number of hydrogen-bond donors (Lipinski definition) is 0. The van der Waals surface area contributed by atoms with E-state index in [0.29, 0.717) is 0 Å². The van der Waals surface area contributed by atoms with Gasteiger partial charge in [-0.3, -0.25) is 4.79 Å². The van der Waals surface area contributed by atoms with Gasteiger partial charge in [0.1, 0.15) is 9.88 Å². The van der Waals surface area contributed by atoms with Crippen LogP contribution in [0.15, 0.2) is 35.0 Å². The average Bonchev–Trinajstić information content (AvgIpc) is 3.25. The van der Waals surface area contributed by atoms with Gasteiger partial charge in [0.2, 0.25) is 0 Å². The Kier molecular flexibility index (Phi) is 4.42. The molecular weight excluding hydrogens is 332 g/mol. The van der Waals surface area contributed by atoms with Gasteiger partial charge in [0, 0.05) is 11.9 Å². The van der Waals surface area contributed by atoms with E-state index in [1.165, 1.54) is 16.2 Å². The number of rotatable bonds is 4. The summed E-state index contributed by atoms with van der Waals surface area (Å²) in [5.41, 5.74) is 0.809. The summed E-state index contributed by atoms with van der Waals surface area (Å²) in [6, 6.07) is 8.19. The predicted molar refractivity (Wildman–Crippen MR) is 95.0 cm³/mol. The molecule has 3 nitrogen and oxygen atoms in total. The molecule has 0 aliphatic rings. The van der Waals surface area contributed by atoms with Crippen LogP contribution in [0.2, 0.25) is 0 Å². The summed E-state index contributed by atoms with van der Waals surface area (Å²) in [7, 11) is 1.86. The number of carbonyl (C=O) groups excluding carboxylic acids is 1. The minimum absolute atomic E-state index is 0.0405. The molecule has 0 aromatic carbocycles. The van der Waals surface area contributed by atoms with Crippen molar-refractivity contribution in [2.75, 3.05) is 7.05 Å². The molecule has 3 rings (SSSR count). The molecule has 1 amide bonds. The number of amides is 1. The molecular formula is C16H16N2OS3. The zero-order chi connectivity index (χ0) is 15.7. The Bertz CT molecular complexity index is 760. The van der Waals surface area contributed by atoms with Crippen molar-refractivity contribution in [1.82, 2.24) is 9.88 Å². The third-order valence-corrected chi connectivity index (χ3v) is 6.81. The number of thiazole rings is 1. The maximum atomic E-state index is 12.8. The van der Waals surface area contributed by atoms with E-state index < -0.39 is 0 Å². The summed E-state index contributed by atoms with van der Waals surface area (Å²) < 4.78 is 0. The first-order chi connectivity index (χ1) is 10.6. The zero-order valence-electron chi connectivity index (χ0n) is 12.6. The van der Waals surface area contributed by atoms with Gasteiger partial charge in [-0.15, -0.1) is 34.0 Å². The van der Waals surface area contributed by atoms with Crippen molar-refractivity contribution in [3.8, 4) is 9.88 Å². The van der Waals surface area contributed by atoms with Crippen LogP contribution in [-0.2, 0) is 0 Å². The molecule has 6 heteroatoms. The van der Waals surface area contributed by atoms with E-state index in [0.717, 1.165) is 20.5 Å². The summed E-state index contributed by atoms with van der Waals surface area (Å²) in [4.78, 5) is 22.2. The Balaban J connectivity index is 1.86. The number of nitrogens with zero attached hydrogens (tertiary/aromatic N) is 2. The quantitative estimate of drug-likeness (QED) is 0.659. The van der Waals surface area contributed by atoms with Gasteiger partial charge in [0.05, 0.1) is 16.6 Å². The Labute approximate surface area is 141 Å². The number of aromatic nitrogens is 1. The predicted octanol–water partition coefficient (Wildman–Crippen LogP) is 5.07. The highest BCUT2D eigenvalue weighted by atomic mass is 32.1.